The quantitative estimate of drug-likeness (QED) is 0.327. The van der Waals surface area contributed by atoms with E-state index in [2.05, 4.69) is 27.8 Å². The van der Waals surface area contributed by atoms with Gasteiger partial charge in [0, 0.05) is 17.9 Å². The smallest absolute Gasteiger partial charge is 0.336 e. The van der Waals surface area contributed by atoms with E-state index in [0.717, 1.165) is 32.0 Å². The molecule has 208 valence electrons. The second-order valence-electron chi connectivity index (χ2n) is 9.79. The minimum Gasteiger partial charge on any atom is -0.466 e. The third-order valence-electron chi connectivity index (χ3n) is 7.36. The fourth-order valence-electron chi connectivity index (χ4n) is 5.20. The number of carbonyl (C=O) groups excluding carboxylic acids is 3. The van der Waals surface area contributed by atoms with Crippen LogP contribution < -0.4 is 16.0 Å². The van der Waals surface area contributed by atoms with Crippen molar-refractivity contribution in [1.29, 1.82) is 0 Å². The van der Waals surface area contributed by atoms with Crippen LogP contribution in [0.5, 0.6) is 0 Å². The molecule has 1 fully saturated rings. The number of amides is 2. The second kappa shape index (κ2) is 13.4. The zero-order valence-corrected chi connectivity index (χ0v) is 22.9. The maximum absolute atomic E-state index is 14.7. The van der Waals surface area contributed by atoms with Gasteiger partial charge in [-0.15, -0.1) is 0 Å². The molecule has 0 bridgehead atoms. The molecule has 1 aromatic rings. The second-order valence-corrected chi connectivity index (χ2v) is 9.79. The summed E-state index contributed by atoms with van der Waals surface area (Å²) in [5, 5.41) is 8.37. The minimum atomic E-state index is -0.878. The van der Waals surface area contributed by atoms with Gasteiger partial charge in [-0.1, -0.05) is 19.4 Å². The lowest BCUT2D eigenvalue weighted by molar-refractivity contribution is -0.137. The molecule has 3 N–H and O–H groups in total. The number of carbonyl (C=O) groups is 3. The fourth-order valence-corrected chi connectivity index (χ4v) is 5.20. The Labute approximate surface area is 223 Å². The monoisotopic (exact) mass is 530 g/mol. The summed E-state index contributed by atoms with van der Waals surface area (Å²) in [6.45, 7) is 9.15. The highest BCUT2D eigenvalue weighted by Crippen LogP contribution is 2.40. The molecule has 2 heterocycles. The van der Waals surface area contributed by atoms with Gasteiger partial charge in [0.2, 0.25) is 0 Å². The third kappa shape index (κ3) is 6.92. The van der Waals surface area contributed by atoms with E-state index in [9.17, 15) is 18.8 Å². The number of dihydropyridines is 1. The number of esters is 2. The van der Waals surface area contributed by atoms with Crippen LogP contribution in [-0.4, -0.2) is 63.3 Å². The lowest BCUT2D eigenvalue weighted by Gasteiger charge is -2.31. The topological polar surface area (TPSA) is 109 Å². The number of nitrogens with one attached hydrogen (secondary N) is 3. The number of allylic oxidation sites excluding steroid dienone is 2. The highest BCUT2D eigenvalue weighted by atomic mass is 19.1. The van der Waals surface area contributed by atoms with E-state index in [4.69, 9.17) is 9.47 Å². The van der Waals surface area contributed by atoms with Gasteiger partial charge >= 0.3 is 18.0 Å². The molecule has 1 aromatic carbocycles. The molecule has 0 aromatic heterocycles. The molecule has 0 aliphatic carbocycles. The Kier molecular flexibility index (Phi) is 10.3. The standard InChI is InChI=1S/C28H39FN4O5/c1-6-19-10-14-33(15-11-19)13-7-12-30-28(36)32-22-16-20(8-9-21(22)29)25-23(26(34)37-4)17(2)31-18(3)24(25)27(35)38-5/h8-9,16,19,25,31H,6-7,10-15H2,1-5H3,(H2,30,32,36). The molecule has 38 heavy (non-hydrogen) atoms. The first-order valence-electron chi connectivity index (χ1n) is 13.1. The van der Waals surface area contributed by atoms with Gasteiger partial charge in [0.15, 0.2) is 0 Å². The molecule has 0 unspecified atom stereocenters. The van der Waals surface area contributed by atoms with E-state index in [0.29, 0.717) is 23.5 Å². The number of hydrogen-bond acceptors (Lipinski definition) is 7. The summed E-state index contributed by atoms with van der Waals surface area (Å²) in [6, 6.07) is 3.56. The van der Waals surface area contributed by atoms with Crippen LogP contribution in [0.25, 0.3) is 0 Å². The van der Waals surface area contributed by atoms with E-state index >= 15 is 0 Å². The van der Waals surface area contributed by atoms with Crippen LogP contribution >= 0.6 is 0 Å². The Morgan fingerprint density at radius 3 is 2.21 bits per heavy atom. The van der Waals surface area contributed by atoms with Crippen LogP contribution in [0.4, 0.5) is 14.9 Å². The van der Waals surface area contributed by atoms with Gasteiger partial charge < -0.3 is 30.3 Å². The lowest BCUT2D eigenvalue weighted by atomic mass is 9.80. The summed E-state index contributed by atoms with van der Waals surface area (Å²) >= 11 is 0. The Hall–Kier alpha value is -3.40. The van der Waals surface area contributed by atoms with Crippen molar-refractivity contribution in [3.05, 3.63) is 52.1 Å². The van der Waals surface area contributed by atoms with Crippen molar-refractivity contribution in [1.82, 2.24) is 15.5 Å². The Balaban J connectivity index is 1.71. The van der Waals surface area contributed by atoms with Crippen LogP contribution in [-0.2, 0) is 19.1 Å². The normalized spacial score (nSPS) is 17.2. The van der Waals surface area contributed by atoms with Gasteiger partial charge in [0.05, 0.1) is 37.0 Å². The number of halogens is 1. The summed E-state index contributed by atoms with van der Waals surface area (Å²) in [6.07, 6.45) is 4.46. The molecule has 2 aliphatic rings. The largest absolute Gasteiger partial charge is 0.466 e. The van der Waals surface area contributed by atoms with E-state index in [1.165, 1.54) is 51.7 Å². The lowest BCUT2D eigenvalue weighted by Crippen LogP contribution is -2.36. The van der Waals surface area contributed by atoms with Crippen molar-refractivity contribution >= 4 is 23.7 Å². The van der Waals surface area contributed by atoms with Gasteiger partial charge in [0.25, 0.3) is 0 Å². The highest BCUT2D eigenvalue weighted by Gasteiger charge is 2.38. The summed E-state index contributed by atoms with van der Waals surface area (Å²) in [7, 11) is 2.50. The summed E-state index contributed by atoms with van der Waals surface area (Å²) in [5.74, 6) is -1.97. The molecule has 0 radical (unpaired) electrons. The maximum Gasteiger partial charge on any atom is 0.336 e. The number of rotatable bonds is 9. The zero-order chi connectivity index (χ0) is 27.8. The van der Waals surface area contributed by atoms with Crippen molar-refractivity contribution in [2.45, 2.75) is 52.4 Å². The number of anilines is 1. The number of urea groups is 1. The summed E-state index contributed by atoms with van der Waals surface area (Å²) in [4.78, 5) is 40.3. The van der Waals surface area contributed by atoms with Gasteiger partial charge in [-0.25, -0.2) is 18.8 Å². The molecular weight excluding hydrogens is 491 g/mol. The first-order chi connectivity index (χ1) is 18.2. The third-order valence-corrected chi connectivity index (χ3v) is 7.36. The average molecular weight is 531 g/mol. The molecule has 3 rings (SSSR count). The predicted octanol–water partition coefficient (Wildman–Crippen LogP) is 4.04. The van der Waals surface area contributed by atoms with Gasteiger partial charge in [-0.3, -0.25) is 0 Å². The Bertz CT molecular complexity index is 1070. The summed E-state index contributed by atoms with van der Waals surface area (Å²) < 4.78 is 24.7. The number of piperidine rings is 1. The molecule has 10 heteroatoms. The predicted molar refractivity (Wildman–Crippen MR) is 143 cm³/mol. The van der Waals surface area contributed by atoms with Gasteiger partial charge in [0.1, 0.15) is 5.82 Å². The average Bonchev–Trinajstić information content (AvgIpc) is 2.91. The molecule has 2 aliphatic heterocycles. The van der Waals surface area contributed by atoms with E-state index in [1.54, 1.807) is 13.8 Å². The molecule has 2 amide bonds. The van der Waals surface area contributed by atoms with Crippen molar-refractivity contribution in [3.8, 4) is 0 Å². The van der Waals surface area contributed by atoms with Crippen LogP contribution in [0.2, 0.25) is 0 Å². The molecule has 1 saturated heterocycles. The number of benzene rings is 1. The molecular formula is C28H39FN4O5. The van der Waals surface area contributed by atoms with Gasteiger partial charge in [-0.05, 0) is 76.4 Å². The number of methoxy groups -OCH3 is 2. The zero-order valence-electron chi connectivity index (χ0n) is 22.9. The van der Waals surface area contributed by atoms with E-state index < -0.39 is 29.7 Å². The SMILES string of the molecule is CCC1CCN(CCCNC(=O)Nc2cc(C3C(C(=O)OC)=C(C)NC(C)=C3C(=O)OC)ccc2F)CC1. The first-order valence-corrected chi connectivity index (χ1v) is 13.1. The number of likely N-dealkylation sites (tertiary alicyclic amines) is 1. The van der Waals surface area contributed by atoms with Crippen LogP contribution in [0.15, 0.2) is 40.7 Å². The fraction of sp³-hybridized carbons (Fsp3) is 0.536. The molecule has 9 nitrogen and oxygen atoms in total. The van der Waals surface area contributed by atoms with Crippen molar-refractivity contribution in [2.75, 3.05) is 45.7 Å². The minimum absolute atomic E-state index is 0.0658. The van der Waals surface area contributed by atoms with Crippen molar-refractivity contribution in [3.63, 3.8) is 0 Å². The summed E-state index contributed by atoms with van der Waals surface area (Å²) in [5.41, 5.74) is 1.76. The molecule has 0 saturated carbocycles. The van der Waals surface area contributed by atoms with Crippen molar-refractivity contribution < 1.29 is 28.2 Å². The van der Waals surface area contributed by atoms with Crippen LogP contribution in [0.3, 0.4) is 0 Å². The number of hydrogen-bond donors (Lipinski definition) is 3. The van der Waals surface area contributed by atoms with Gasteiger partial charge in [-0.2, -0.15) is 0 Å². The number of nitrogens with zero attached hydrogens (tertiary/aromatic N) is 1. The number of ether oxygens (including phenoxy) is 2. The van der Waals surface area contributed by atoms with E-state index in [1.807, 2.05) is 0 Å². The Morgan fingerprint density at radius 1 is 1.05 bits per heavy atom. The molecule has 0 atom stereocenters. The first kappa shape index (κ1) is 29.2. The van der Waals surface area contributed by atoms with Crippen LogP contribution in [0.1, 0.15) is 57.9 Å². The highest BCUT2D eigenvalue weighted by molar-refractivity contribution is 6.00. The molecule has 0 spiro atoms. The van der Waals surface area contributed by atoms with E-state index in [-0.39, 0.29) is 16.8 Å². The van der Waals surface area contributed by atoms with Crippen molar-refractivity contribution in [2.24, 2.45) is 5.92 Å². The maximum atomic E-state index is 14.7. The van der Waals surface area contributed by atoms with Crippen LogP contribution in [0, 0.1) is 11.7 Å². The Morgan fingerprint density at radius 2 is 1.66 bits per heavy atom.